The lowest BCUT2D eigenvalue weighted by Crippen LogP contribution is -2.30. The normalized spacial score (nSPS) is 29.6. The molecule has 1 aromatic rings. The van der Waals surface area contributed by atoms with Crippen LogP contribution in [0.3, 0.4) is 0 Å². The molecule has 3 rings (SSSR count). The van der Waals surface area contributed by atoms with Crippen LogP contribution in [0.5, 0.6) is 0 Å². The fraction of sp³-hybridized carbons (Fsp3) is 0.615. The third-order valence-electron chi connectivity index (χ3n) is 4.39. The van der Waals surface area contributed by atoms with E-state index in [1.54, 1.807) is 12.3 Å². The van der Waals surface area contributed by atoms with E-state index in [1.807, 2.05) is 11.8 Å². The van der Waals surface area contributed by atoms with Gasteiger partial charge in [0.05, 0.1) is 4.92 Å². The Balaban J connectivity index is 1.90. The number of hydrogen-bond acceptors (Lipinski definition) is 5. The Morgan fingerprint density at radius 2 is 2.26 bits per heavy atom. The highest BCUT2D eigenvalue weighted by atomic mass is 16.6. The molecule has 102 valence electrons. The standard InChI is InChI=1S/C13H18N4O2/c1-8-4-12(17(18)19)13(15-5-8)16-6-9-2-3-11(14)10(9)7-16/h4-5,9-11H,2-3,6-7,14H2,1H3. The topological polar surface area (TPSA) is 85.3 Å². The van der Waals surface area contributed by atoms with Gasteiger partial charge in [-0.15, -0.1) is 0 Å². The number of aryl methyl sites for hydroxylation is 1. The first-order valence-corrected chi connectivity index (χ1v) is 6.68. The van der Waals surface area contributed by atoms with Crippen LogP contribution in [-0.2, 0) is 0 Å². The van der Waals surface area contributed by atoms with E-state index in [4.69, 9.17) is 5.73 Å². The summed E-state index contributed by atoms with van der Waals surface area (Å²) in [6.45, 7) is 3.45. The fourth-order valence-electron chi connectivity index (χ4n) is 3.41. The maximum atomic E-state index is 11.2. The van der Waals surface area contributed by atoms with Crippen molar-refractivity contribution in [3.8, 4) is 0 Å². The summed E-state index contributed by atoms with van der Waals surface area (Å²) in [6, 6.07) is 1.83. The lowest BCUT2D eigenvalue weighted by molar-refractivity contribution is -0.384. The molecular weight excluding hydrogens is 244 g/mol. The van der Waals surface area contributed by atoms with Crippen molar-refractivity contribution in [1.29, 1.82) is 0 Å². The van der Waals surface area contributed by atoms with Crippen molar-refractivity contribution in [3.63, 3.8) is 0 Å². The zero-order valence-corrected chi connectivity index (χ0v) is 11.0. The molecule has 2 fully saturated rings. The van der Waals surface area contributed by atoms with Gasteiger partial charge >= 0.3 is 5.69 Å². The van der Waals surface area contributed by atoms with Crippen LogP contribution in [0.2, 0.25) is 0 Å². The predicted octanol–water partition coefficient (Wildman–Crippen LogP) is 1.47. The van der Waals surface area contributed by atoms with E-state index in [0.29, 0.717) is 17.7 Å². The van der Waals surface area contributed by atoms with Gasteiger partial charge in [-0.2, -0.15) is 0 Å². The van der Waals surface area contributed by atoms with Crippen molar-refractivity contribution in [2.24, 2.45) is 17.6 Å². The summed E-state index contributed by atoms with van der Waals surface area (Å²) in [4.78, 5) is 17.1. The van der Waals surface area contributed by atoms with Gasteiger partial charge in [-0.05, 0) is 37.2 Å². The largest absolute Gasteiger partial charge is 0.350 e. The van der Waals surface area contributed by atoms with Crippen molar-refractivity contribution in [1.82, 2.24) is 4.98 Å². The number of nitrogens with two attached hydrogens (primary N) is 1. The van der Waals surface area contributed by atoms with E-state index >= 15 is 0 Å². The van der Waals surface area contributed by atoms with Crippen molar-refractivity contribution in [2.75, 3.05) is 18.0 Å². The third-order valence-corrected chi connectivity index (χ3v) is 4.39. The van der Waals surface area contributed by atoms with E-state index in [1.165, 1.54) is 0 Å². The molecule has 1 saturated carbocycles. The molecule has 1 aliphatic carbocycles. The third kappa shape index (κ3) is 2.06. The fourth-order valence-corrected chi connectivity index (χ4v) is 3.41. The molecule has 2 N–H and O–H groups in total. The number of nitrogens with zero attached hydrogens (tertiary/aromatic N) is 3. The molecule has 2 heterocycles. The summed E-state index contributed by atoms with van der Waals surface area (Å²) < 4.78 is 0. The highest BCUT2D eigenvalue weighted by Crippen LogP contribution is 2.40. The number of fused-ring (bicyclic) bond motifs is 1. The molecule has 0 bridgehead atoms. The van der Waals surface area contributed by atoms with E-state index in [2.05, 4.69) is 4.98 Å². The molecule has 1 aromatic heterocycles. The molecule has 1 aliphatic heterocycles. The number of pyridine rings is 1. The molecule has 6 nitrogen and oxygen atoms in total. The number of hydrogen-bond donors (Lipinski definition) is 1. The number of aromatic nitrogens is 1. The van der Waals surface area contributed by atoms with Gasteiger partial charge in [0.2, 0.25) is 5.82 Å². The monoisotopic (exact) mass is 262 g/mol. The second-order valence-corrected chi connectivity index (χ2v) is 5.68. The summed E-state index contributed by atoms with van der Waals surface area (Å²) in [5.74, 6) is 1.53. The van der Waals surface area contributed by atoms with Gasteiger partial charge in [-0.25, -0.2) is 4.98 Å². The highest BCUT2D eigenvalue weighted by Gasteiger charge is 2.42. The second kappa shape index (κ2) is 4.45. The molecule has 3 atom stereocenters. The van der Waals surface area contributed by atoms with Crippen molar-refractivity contribution in [2.45, 2.75) is 25.8 Å². The van der Waals surface area contributed by atoms with Crippen molar-refractivity contribution in [3.05, 3.63) is 27.9 Å². The van der Waals surface area contributed by atoms with E-state index in [-0.39, 0.29) is 16.7 Å². The van der Waals surface area contributed by atoms with Gasteiger partial charge in [0.1, 0.15) is 0 Å². The summed E-state index contributed by atoms with van der Waals surface area (Å²) in [5.41, 5.74) is 7.02. The number of anilines is 1. The minimum Gasteiger partial charge on any atom is -0.350 e. The van der Waals surface area contributed by atoms with Gasteiger partial charge < -0.3 is 10.6 Å². The summed E-state index contributed by atoms with van der Waals surface area (Å²) in [5, 5.41) is 11.2. The zero-order valence-electron chi connectivity index (χ0n) is 11.0. The molecule has 0 amide bonds. The highest BCUT2D eigenvalue weighted by molar-refractivity contribution is 5.59. The number of rotatable bonds is 2. The summed E-state index contributed by atoms with van der Waals surface area (Å²) >= 11 is 0. The Bertz CT molecular complexity index is 519. The van der Waals surface area contributed by atoms with Crippen LogP contribution in [0.25, 0.3) is 0 Å². The number of nitro groups is 1. The zero-order chi connectivity index (χ0) is 13.6. The quantitative estimate of drug-likeness (QED) is 0.644. The lowest BCUT2D eigenvalue weighted by atomic mass is 9.98. The minimum atomic E-state index is -0.344. The predicted molar refractivity (Wildman–Crippen MR) is 72.0 cm³/mol. The average molecular weight is 262 g/mol. The average Bonchev–Trinajstić information content (AvgIpc) is 2.92. The Kier molecular flexibility index (Phi) is 2.89. The van der Waals surface area contributed by atoms with Gasteiger partial charge in [0, 0.05) is 31.4 Å². The molecule has 0 aromatic carbocycles. The van der Waals surface area contributed by atoms with E-state index in [9.17, 15) is 10.1 Å². The van der Waals surface area contributed by atoms with Crippen molar-refractivity contribution < 1.29 is 4.92 Å². The smallest absolute Gasteiger partial charge is 0.311 e. The second-order valence-electron chi connectivity index (χ2n) is 5.68. The first-order chi connectivity index (χ1) is 9.06. The lowest BCUT2D eigenvalue weighted by Gasteiger charge is -2.19. The van der Waals surface area contributed by atoms with Crippen LogP contribution >= 0.6 is 0 Å². The SMILES string of the molecule is Cc1cnc(N2CC3CCC(N)C3C2)c([N+](=O)[O-])c1. The molecule has 3 unspecified atom stereocenters. The van der Waals surface area contributed by atoms with Gasteiger partial charge in [-0.3, -0.25) is 10.1 Å². The van der Waals surface area contributed by atoms with Gasteiger partial charge in [0.15, 0.2) is 0 Å². The van der Waals surface area contributed by atoms with E-state index in [0.717, 1.165) is 31.5 Å². The molecule has 2 aliphatic rings. The van der Waals surface area contributed by atoms with Gasteiger partial charge in [0.25, 0.3) is 0 Å². The van der Waals surface area contributed by atoms with Crippen LogP contribution in [0.1, 0.15) is 18.4 Å². The van der Waals surface area contributed by atoms with Gasteiger partial charge in [-0.1, -0.05) is 0 Å². The first kappa shape index (κ1) is 12.3. The summed E-state index contributed by atoms with van der Waals surface area (Å²) in [6.07, 6.45) is 3.89. The Hall–Kier alpha value is -1.69. The Morgan fingerprint density at radius 3 is 2.95 bits per heavy atom. The maximum Gasteiger partial charge on any atom is 0.311 e. The van der Waals surface area contributed by atoms with Crippen LogP contribution in [-0.4, -0.2) is 29.0 Å². The molecule has 19 heavy (non-hydrogen) atoms. The van der Waals surface area contributed by atoms with Crippen molar-refractivity contribution >= 4 is 11.5 Å². The summed E-state index contributed by atoms with van der Waals surface area (Å²) in [7, 11) is 0. The molecule has 0 spiro atoms. The van der Waals surface area contributed by atoms with Crippen LogP contribution < -0.4 is 10.6 Å². The first-order valence-electron chi connectivity index (χ1n) is 6.68. The van der Waals surface area contributed by atoms with E-state index < -0.39 is 0 Å². The molecule has 6 heteroatoms. The molecule has 1 saturated heterocycles. The molecule has 0 radical (unpaired) electrons. The Morgan fingerprint density at radius 1 is 1.47 bits per heavy atom. The van der Waals surface area contributed by atoms with Crippen LogP contribution in [0.4, 0.5) is 11.5 Å². The van der Waals surface area contributed by atoms with Crippen LogP contribution in [0.15, 0.2) is 12.3 Å². The maximum absolute atomic E-state index is 11.2. The molecular formula is C13H18N4O2. The Labute approximate surface area is 111 Å². The minimum absolute atomic E-state index is 0.105. The van der Waals surface area contributed by atoms with Crippen LogP contribution in [0, 0.1) is 28.9 Å².